The van der Waals surface area contributed by atoms with Crippen molar-refractivity contribution in [3.8, 4) is 5.75 Å². The van der Waals surface area contributed by atoms with Crippen LogP contribution in [0.25, 0.3) is 0 Å². The van der Waals surface area contributed by atoms with Crippen molar-refractivity contribution >= 4 is 18.7 Å². The van der Waals surface area contributed by atoms with Crippen LogP contribution in [-0.2, 0) is 20.2 Å². The van der Waals surface area contributed by atoms with Crippen molar-refractivity contribution in [1.29, 1.82) is 0 Å². The summed E-state index contributed by atoms with van der Waals surface area (Å²) in [6.07, 6.45) is -4.79. The van der Waals surface area contributed by atoms with Crippen LogP contribution in [0.4, 0.5) is 18.0 Å². The first-order valence-corrected chi connectivity index (χ1v) is 11.5. The first kappa shape index (κ1) is 28.3. The number of alkyl halides is 3. The summed E-state index contributed by atoms with van der Waals surface area (Å²) < 4.78 is 64.3. The zero-order chi connectivity index (χ0) is 26.1. The summed E-state index contributed by atoms with van der Waals surface area (Å²) >= 11 is 0. The van der Waals surface area contributed by atoms with Gasteiger partial charge in [0.2, 0.25) is 0 Å². The van der Waals surface area contributed by atoms with Gasteiger partial charge in [-0.1, -0.05) is 19.9 Å². The van der Waals surface area contributed by atoms with Gasteiger partial charge >= 0.3 is 19.4 Å². The smallest absolute Gasteiger partial charge is 0.491 e. The quantitative estimate of drug-likeness (QED) is 0.528. The maximum absolute atomic E-state index is 13.9. The molecule has 1 N–H and O–H groups in total. The van der Waals surface area contributed by atoms with Gasteiger partial charge in [-0.15, -0.1) is 0 Å². The van der Waals surface area contributed by atoms with E-state index in [0.717, 1.165) is 6.07 Å². The molecule has 1 aliphatic rings. The van der Waals surface area contributed by atoms with Gasteiger partial charge in [-0.3, -0.25) is 0 Å². The lowest BCUT2D eigenvalue weighted by atomic mass is 9.78. The van der Waals surface area contributed by atoms with E-state index in [1.165, 1.54) is 12.1 Å². The van der Waals surface area contributed by atoms with Gasteiger partial charge in [0.25, 0.3) is 0 Å². The molecule has 1 aromatic rings. The van der Waals surface area contributed by atoms with Gasteiger partial charge in [-0.2, -0.15) is 13.2 Å². The monoisotopic (exact) mass is 487 g/mol. The summed E-state index contributed by atoms with van der Waals surface area (Å²) in [7, 11) is -0.928. The van der Waals surface area contributed by atoms with E-state index in [2.05, 4.69) is 5.32 Å². The average Bonchev–Trinajstić information content (AvgIpc) is 2.84. The lowest BCUT2D eigenvalue weighted by Crippen LogP contribution is -2.43. The molecule has 1 fully saturated rings. The minimum atomic E-state index is -4.65. The molecular weight excluding hydrogens is 450 g/mol. The molecule has 10 heteroatoms. The number of hydrogen-bond donors (Lipinski definition) is 1. The van der Waals surface area contributed by atoms with Crippen LogP contribution in [0.5, 0.6) is 5.75 Å². The Balaban J connectivity index is 2.22. The van der Waals surface area contributed by atoms with E-state index in [0.29, 0.717) is 6.42 Å². The first-order valence-electron chi connectivity index (χ1n) is 11.5. The highest BCUT2D eigenvalue weighted by molar-refractivity contribution is 6.62. The van der Waals surface area contributed by atoms with E-state index in [-0.39, 0.29) is 23.7 Å². The van der Waals surface area contributed by atoms with Gasteiger partial charge in [-0.25, -0.2) is 4.79 Å². The third-order valence-corrected chi connectivity index (χ3v) is 5.75. The van der Waals surface area contributed by atoms with E-state index in [4.69, 9.17) is 18.8 Å². The number of nitrogens with one attached hydrogen (secondary N) is 1. The molecule has 0 aromatic heterocycles. The fourth-order valence-electron chi connectivity index (χ4n) is 3.42. The minimum Gasteiger partial charge on any atom is -0.491 e. The Morgan fingerprint density at radius 2 is 1.65 bits per heavy atom. The molecule has 2 rings (SSSR count). The van der Waals surface area contributed by atoms with E-state index >= 15 is 0 Å². The number of amides is 1. The summed E-state index contributed by atoms with van der Waals surface area (Å²) in [6, 6.07) is 3.24. The van der Waals surface area contributed by atoms with Gasteiger partial charge in [0, 0.05) is 0 Å². The number of hydrogen-bond acceptors (Lipinski definition) is 5. The van der Waals surface area contributed by atoms with E-state index in [9.17, 15) is 18.0 Å². The summed E-state index contributed by atoms with van der Waals surface area (Å²) in [6.45, 7) is 16.3. The fourth-order valence-corrected chi connectivity index (χ4v) is 3.42. The second kappa shape index (κ2) is 9.97. The maximum atomic E-state index is 13.9. The SMILES string of the molecule is CC(C)C[C@@H](COc1ccc(B2OC(C)(C)C(C)(C)O2)cc1C(F)(F)F)NC(=O)OC(C)(C)C. The lowest BCUT2D eigenvalue weighted by molar-refractivity contribution is -0.139. The number of alkyl carbamates (subject to hydrolysis) is 1. The van der Waals surface area contributed by atoms with Crippen LogP contribution in [0, 0.1) is 5.92 Å². The number of carbonyl (C=O) groups excluding carboxylic acids is 1. The van der Waals surface area contributed by atoms with Crippen LogP contribution in [0.15, 0.2) is 18.2 Å². The van der Waals surface area contributed by atoms with Gasteiger partial charge < -0.3 is 24.1 Å². The van der Waals surface area contributed by atoms with Crippen molar-refractivity contribution in [2.45, 2.75) is 97.8 Å². The highest BCUT2D eigenvalue weighted by Crippen LogP contribution is 2.39. The average molecular weight is 487 g/mol. The van der Waals surface area contributed by atoms with Crippen LogP contribution < -0.4 is 15.5 Å². The molecule has 0 saturated carbocycles. The zero-order valence-corrected chi connectivity index (χ0v) is 21.6. The largest absolute Gasteiger partial charge is 0.494 e. The topological polar surface area (TPSA) is 66.0 Å². The van der Waals surface area contributed by atoms with Crippen molar-refractivity contribution in [2.24, 2.45) is 5.92 Å². The van der Waals surface area contributed by atoms with Crippen LogP contribution >= 0.6 is 0 Å². The van der Waals surface area contributed by atoms with Crippen LogP contribution in [0.1, 0.15) is 74.3 Å². The van der Waals surface area contributed by atoms with Crippen molar-refractivity contribution in [2.75, 3.05) is 6.61 Å². The predicted molar refractivity (Wildman–Crippen MR) is 125 cm³/mol. The molecule has 6 nitrogen and oxygen atoms in total. The Hall–Kier alpha value is -1.94. The molecule has 1 saturated heterocycles. The number of carbonyl (C=O) groups is 1. The fraction of sp³-hybridized carbons (Fsp3) is 0.708. The van der Waals surface area contributed by atoms with Gasteiger partial charge in [-0.05, 0) is 78.4 Å². The van der Waals surface area contributed by atoms with Crippen molar-refractivity contribution in [1.82, 2.24) is 5.32 Å². The molecule has 192 valence electrons. The van der Waals surface area contributed by atoms with Crippen LogP contribution in [0.3, 0.4) is 0 Å². The normalized spacial score (nSPS) is 18.7. The summed E-state index contributed by atoms with van der Waals surface area (Å²) in [5, 5.41) is 2.70. The number of benzene rings is 1. The predicted octanol–water partition coefficient (Wildman–Crippen LogP) is 5.32. The molecule has 1 atom stereocenters. The molecule has 1 amide bonds. The zero-order valence-electron chi connectivity index (χ0n) is 21.6. The van der Waals surface area contributed by atoms with Crippen LogP contribution in [0.2, 0.25) is 0 Å². The number of halogens is 3. The second-order valence-corrected chi connectivity index (χ2v) is 11.1. The Morgan fingerprint density at radius 1 is 1.09 bits per heavy atom. The molecule has 1 heterocycles. The Morgan fingerprint density at radius 3 is 2.12 bits per heavy atom. The van der Waals surface area contributed by atoms with E-state index in [1.54, 1.807) is 20.8 Å². The highest BCUT2D eigenvalue weighted by atomic mass is 19.4. The lowest BCUT2D eigenvalue weighted by Gasteiger charge is -2.32. The first-order chi connectivity index (χ1) is 15.3. The molecule has 0 radical (unpaired) electrons. The summed E-state index contributed by atoms with van der Waals surface area (Å²) in [4.78, 5) is 12.2. The standard InChI is InChI=1S/C24H37BF3NO5/c1-15(2)12-17(29-20(30)32-21(3,4)5)14-31-19-11-10-16(13-18(19)24(26,27)28)25-33-22(6,7)23(8,9)34-25/h10-11,13,15,17H,12,14H2,1-9H3,(H,29,30)/t17-/m0/s1. The van der Waals surface area contributed by atoms with E-state index in [1.807, 2.05) is 41.5 Å². The molecule has 1 aromatic carbocycles. The van der Waals surface area contributed by atoms with Crippen molar-refractivity contribution < 1.29 is 36.7 Å². The second-order valence-electron chi connectivity index (χ2n) is 11.1. The number of rotatable bonds is 7. The molecule has 0 spiro atoms. The Labute approximate surface area is 201 Å². The molecular formula is C24H37BF3NO5. The third kappa shape index (κ3) is 7.53. The van der Waals surface area contributed by atoms with Gasteiger partial charge in [0.15, 0.2) is 0 Å². The Kier molecular flexibility index (Phi) is 8.30. The van der Waals surface area contributed by atoms with E-state index < -0.39 is 47.8 Å². The summed E-state index contributed by atoms with van der Waals surface area (Å²) in [5.74, 6) is -0.149. The molecule has 0 aliphatic carbocycles. The maximum Gasteiger partial charge on any atom is 0.494 e. The van der Waals surface area contributed by atoms with Gasteiger partial charge in [0.05, 0.1) is 22.8 Å². The molecule has 1 aliphatic heterocycles. The van der Waals surface area contributed by atoms with Crippen molar-refractivity contribution in [3.05, 3.63) is 23.8 Å². The van der Waals surface area contributed by atoms with Gasteiger partial charge in [0.1, 0.15) is 18.0 Å². The van der Waals surface area contributed by atoms with Crippen LogP contribution in [-0.4, -0.2) is 42.7 Å². The minimum absolute atomic E-state index is 0.143. The highest BCUT2D eigenvalue weighted by Gasteiger charge is 2.52. The molecule has 0 bridgehead atoms. The Bertz CT molecular complexity index is 849. The molecule has 0 unspecified atom stereocenters. The molecule has 34 heavy (non-hydrogen) atoms. The third-order valence-electron chi connectivity index (χ3n) is 5.75. The van der Waals surface area contributed by atoms with Crippen molar-refractivity contribution in [3.63, 3.8) is 0 Å². The number of ether oxygens (including phenoxy) is 2. The summed E-state index contributed by atoms with van der Waals surface area (Å²) in [5.41, 5.74) is -2.73.